The Labute approximate surface area is 94.9 Å². The molecule has 1 N–H and O–H groups in total. The number of fused-ring (bicyclic) bond motifs is 1. The van der Waals surface area contributed by atoms with E-state index in [0.717, 1.165) is 19.1 Å². The maximum absolute atomic E-state index is 11.9. The van der Waals surface area contributed by atoms with Gasteiger partial charge in [0, 0.05) is 31.5 Å². The van der Waals surface area contributed by atoms with Gasteiger partial charge in [0.15, 0.2) is 5.78 Å². The van der Waals surface area contributed by atoms with Gasteiger partial charge in [-0.1, -0.05) is 0 Å². The zero-order valence-electron chi connectivity index (χ0n) is 9.48. The lowest BCUT2D eigenvalue weighted by atomic mass is 9.72. The van der Waals surface area contributed by atoms with E-state index < -0.39 is 0 Å². The van der Waals surface area contributed by atoms with E-state index in [2.05, 4.69) is 0 Å². The molecule has 2 rings (SSSR count). The minimum Gasteiger partial charge on any atom is -0.515 e. The zero-order chi connectivity index (χ0) is 11.7. The van der Waals surface area contributed by atoms with Crippen molar-refractivity contribution in [2.45, 2.75) is 26.2 Å². The lowest BCUT2D eigenvalue weighted by Crippen LogP contribution is -2.47. The second-order valence-electron chi connectivity index (χ2n) is 4.68. The predicted molar refractivity (Wildman–Crippen MR) is 58.8 cm³/mol. The van der Waals surface area contributed by atoms with Crippen LogP contribution in [-0.4, -0.2) is 34.8 Å². The van der Waals surface area contributed by atoms with Crippen LogP contribution in [0.2, 0.25) is 0 Å². The zero-order valence-corrected chi connectivity index (χ0v) is 9.48. The third kappa shape index (κ3) is 1.84. The summed E-state index contributed by atoms with van der Waals surface area (Å²) in [6, 6.07) is 0. The SMILES string of the molecule is CC(=O)N1CCC2C(=O)C(=CO)CCC2C1. The van der Waals surface area contributed by atoms with Gasteiger partial charge in [0.25, 0.3) is 0 Å². The van der Waals surface area contributed by atoms with Gasteiger partial charge in [0.2, 0.25) is 5.91 Å². The molecule has 2 unspecified atom stereocenters. The van der Waals surface area contributed by atoms with E-state index in [1.807, 2.05) is 4.90 Å². The molecule has 0 spiro atoms. The van der Waals surface area contributed by atoms with Crippen molar-refractivity contribution in [3.63, 3.8) is 0 Å². The summed E-state index contributed by atoms with van der Waals surface area (Å²) in [5, 5.41) is 8.94. The molecule has 0 aromatic heterocycles. The molecule has 1 saturated heterocycles. The summed E-state index contributed by atoms with van der Waals surface area (Å²) in [4.78, 5) is 25.0. The molecular formula is C12H17NO3. The Bertz CT molecular complexity index is 348. The highest BCUT2D eigenvalue weighted by molar-refractivity contribution is 5.98. The van der Waals surface area contributed by atoms with Crippen molar-refractivity contribution in [1.29, 1.82) is 0 Å². The second-order valence-corrected chi connectivity index (χ2v) is 4.68. The fourth-order valence-corrected chi connectivity index (χ4v) is 2.79. The Morgan fingerprint density at radius 1 is 1.50 bits per heavy atom. The van der Waals surface area contributed by atoms with Crippen molar-refractivity contribution >= 4 is 11.7 Å². The van der Waals surface area contributed by atoms with Crippen LogP contribution in [0.4, 0.5) is 0 Å². The van der Waals surface area contributed by atoms with E-state index >= 15 is 0 Å². The number of piperidine rings is 1. The highest BCUT2D eigenvalue weighted by Gasteiger charge is 2.39. The Hall–Kier alpha value is -1.32. The molecule has 2 atom stereocenters. The summed E-state index contributed by atoms with van der Waals surface area (Å²) < 4.78 is 0. The summed E-state index contributed by atoms with van der Waals surface area (Å²) >= 11 is 0. The lowest BCUT2D eigenvalue weighted by molar-refractivity contribution is -0.135. The molecule has 4 heteroatoms. The van der Waals surface area contributed by atoms with E-state index in [-0.39, 0.29) is 23.5 Å². The molecule has 1 amide bonds. The van der Waals surface area contributed by atoms with Gasteiger partial charge in [-0.3, -0.25) is 9.59 Å². The predicted octanol–water partition coefficient (Wildman–Crippen LogP) is 1.28. The fourth-order valence-electron chi connectivity index (χ4n) is 2.79. The molecule has 1 aliphatic carbocycles. The molecule has 1 saturated carbocycles. The molecular weight excluding hydrogens is 206 g/mol. The van der Waals surface area contributed by atoms with Crippen molar-refractivity contribution in [3.8, 4) is 0 Å². The minimum absolute atomic E-state index is 0.0164. The average molecular weight is 223 g/mol. The normalized spacial score (nSPS) is 32.7. The first-order valence-corrected chi connectivity index (χ1v) is 5.76. The van der Waals surface area contributed by atoms with Gasteiger partial charge < -0.3 is 10.0 Å². The van der Waals surface area contributed by atoms with Crippen molar-refractivity contribution in [1.82, 2.24) is 4.90 Å². The van der Waals surface area contributed by atoms with E-state index in [4.69, 9.17) is 5.11 Å². The Morgan fingerprint density at radius 2 is 2.25 bits per heavy atom. The monoisotopic (exact) mass is 223 g/mol. The Morgan fingerprint density at radius 3 is 2.88 bits per heavy atom. The van der Waals surface area contributed by atoms with Crippen molar-refractivity contribution < 1.29 is 14.7 Å². The molecule has 0 aromatic rings. The van der Waals surface area contributed by atoms with E-state index in [0.29, 0.717) is 25.1 Å². The van der Waals surface area contributed by atoms with Crippen molar-refractivity contribution in [2.75, 3.05) is 13.1 Å². The Kier molecular flexibility index (Phi) is 2.99. The third-order valence-corrected chi connectivity index (χ3v) is 3.77. The van der Waals surface area contributed by atoms with Crippen LogP contribution < -0.4 is 0 Å². The van der Waals surface area contributed by atoms with E-state index in [9.17, 15) is 9.59 Å². The molecule has 1 heterocycles. The minimum atomic E-state index is 0.0164. The molecule has 0 bridgehead atoms. The van der Waals surface area contributed by atoms with Gasteiger partial charge in [-0.05, 0) is 25.2 Å². The average Bonchev–Trinajstić information content (AvgIpc) is 2.29. The van der Waals surface area contributed by atoms with Crippen LogP contribution in [0.1, 0.15) is 26.2 Å². The number of Topliss-reactive ketones (excluding diaryl/α,β-unsaturated/α-hetero) is 1. The number of likely N-dealkylation sites (tertiary alicyclic amines) is 1. The summed E-state index contributed by atoms with van der Waals surface area (Å²) in [5.41, 5.74) is 0.553. The largest absolute Gasteiger partial charge is 0.515 e. The van der Waals surface area contributed by atoms with Gasteiger partial charge in [0.1, 0.15) is 0 Å². The van der Waals surface area contributed by atoms with Crippen LogP contribution in [0.3, 0.4) is 0 Å². The number of hydrogen-bond acceptors (Lipinski definition) is 3. The fraction of sp³-hybridized carbons (Fsp3) is 0.667. The molecule has 88 valence electrons. The van der Waals surface area contributed by atoms with Gasteiger partial charge in [-0.15, -0.1) is 0 Å². The summed E-state index contributed by atoms with van der Waals surface area (Å²) in [6.07, 6.45) is 3.23. The maximum atomic E-state index is 11.9. The topological polar surface area (TPSA) is 57.6 Å². The van der Waals surface area contributed by atoms with Crippen LogP contribution in [-0.2, 0) is 9.59 Å². The highest BCUT2D eigenvalue weighted by atomic mass is 16.2. The number of hydrogen-bond donors (Lipinski definition) is 1. The lowest BCUT2D eigenvalue weighted by Gasteiger charge is -2.40. The quantitative estimate of drug-likeness (QED) is 0.497. The summed E-state index contributed by atoms with van der Waals surface area (Å²) in [7, 11) is 0. The van der Waals surface area contributed by atoms with Crippen molar-refractivity contribution in [2.24, 2.45) is 11.8 Å². The van der Waals surface area contributed by atoms with Gasteiger partial charge in [0.05, 0.1) is 6.26 Å². The molecule has 2 aliphatic rings. The number of rotatable bonds is 0. The van der Waals surface area contributed by atoms with Crippen LogP contribution >= 0.6 is 0 Å². The molecule has 1 aliphatic heterocycles. The standard InChI is InChI=1S/C12H17NO3/c1-8(15)13-5-4-11-9(6-13)2-3-10(7-14)12(11)16/h7,9,11,14H,2-6H2,1H3. The highest BCUT2D eigenvalue weighted by Crippen LogP contribution is 2.36. The maximum Gasteiger partial charge on any atom is 0.219 e. The molecule has 4 nitrogen and oxygen atoms in total. The summed E-state index contributed by atoms with van der Waals surface area (Å²) in [6.45, 7) is 2.94. The smallest absolute Gasteiger partial charge is 0.219 e. The Balaban J connectivity index is 2.09. The number of carbonyl (C=O) groups is 2. The third-order valence-electron chi connectivity index (χ3n) is 3.77. The van der Waals surface area contributed by atoms with Crippen LogP contribution in [0, 0.1) is 11.8 Å². The van der Waals surface area contributed by atoms with Crippen LogP contribution in [0.25, 0.3) is 0 Å². The first-order chi connectivity index (χ1) is 7.63. The van der Waals surface area contributed by atoms with Crippen LogP contribution in [0.15, 0.2) is 11.8 Å². The molecule has 0 radical (unpaired) electrons. The van der Waals surface area contributed by atoms with Gasteiger partial charge >= 0.3 is 0 Å². The molecule has 0 aromatic carbocycles. The first-order valence-electron chi connectivity index (χ1n) is 5.76. The second kappa shape index (κ2) is 4.28. The number of aliphatic hydroxyl groups excluding tert-OH is 1. The van der Waals surface area contributed by atoms with Gasteiger partial charge in [-0.2, -0.15) is 0 Å². The van der Waals surface area contributed by atoms with Crippen molar-refractivity contribution in [3.05, 3.63) is 11.8 Å². The molecule has 16 heavy (non-hydrogen) atoms. The number of aliphatic hydroxyl groups is 1. The summed E-state index contributed by atoms with van der Waals surface area (Å²) in [5.74, 6) is 0.480. The van der Waals surface area contributed by atoms with E-state index in [1.165, 1.54) is 0 Å². The number of allylic oxidation sites excluding steroid dienone is 1. The number of nitrogens with zero attached hydrogens (tertiary/aromatic N) is 1. The molecule has 2 fully saturated rings. The van der Waals surface area contributed by atoms with E-state index in [1.54, 1.807) is 6.92 Å². The number of amides is 1. The number of ketones is 1. The first kappa shape index (κ1) is 11.2. The van der Waals surface area contributed by atoms with Gasteiger partial charge in [-0.25, -0.2) is 0 Å². The van der Waals surface area contributed by atoms with Crippen LogP contribution in [0.5, 0.6) is 0 Å². The number of carbonyl (C=O) groups excluding carboxylic acids is 2.